The smallest absolute Gasteiger partial charge is 0.289 e. The molecule has 8 nitrogen and oxygen atoms in total. The molecule has 0 spiro atoms. The van der Waals surface area contributed by atoms with Gasteiger partial charge in [-0.2, -0.15) is 4.31 Å². The summed E-state index contributed by atoms with van der Waals surface area (Å²) in [6.07, 6.45) is 2.29. The fraction of sp³-hybridized carbons (Fsp3) is 0.400. The highest BCUT2D eigenvalue weighted by atomic mass is 32.2. The first-order chi connectivity index (χ1) is 14.4. The molecule has 2 amide bonds. The molecule has 1 aromatic heterocycles. The molecule has 10 heteroatoms. The van der Waals surface area contributed by atoms with Gasteiger partial charge in [0.2, 0.25) is 15.9 Å². The first-order valence-corrected chi connectivity index (χ1v) is 12.2. The van der Waals surface area contributed by atoms with Crippen LogP contribution >= 0.6 is 11.8 Å². The second-order valence-electron chi connectivity index (χ2n) is 7.18. The lowest BCUT2D eigenvalue weighted by atomic mass is 10.2. The van der Waals surface area contributed by atoms with E-state index in [0.717, 1.165) is 17.1 Å². The lowest BCUT2D eigenvalue weighted by molar-refractivity contribution is -0.116. The van der Waals surface area contributed by atoms with Crippen molar-refractivity contribution in [3.63, 3.8) is 0 Å². The third kappa shape index (κ3) is 3.99. The van der Waals surface area contributed by atoms with Gasteiger partial charge < -0.3 is 14.2 Å². The van der Waals surface area contributed by atoms with Crippen LogP contribution in [-0.4, -0.2) is 67.9 Å². The van der Waals surface area contributed by atoms with Crippen molar-refractivity contribution in [3.8, 4) is 0 Å². The number of carbonyl (C=O) groups is 2. The Morgan fingerprint density at radius 2 is 1.83 bits per heavy atom. The molecule has 0 atom stereocenters. The Morgan fingerprint density at radius 3 is 2.50 bits per heavy atom. The van der Waals surface area contributed by atoms with Gasteiger partial charge in [0.15, 0.2) is 5.76 Å². The molecule has 1 saturated heterocycles. The van der Waals surface area contributed by atoms with E-state index in [4.69, 9.17) is 4.42 Å². The molecule has 30 heavy (non-hydrogen) atoms. The fourth-order valence-electron chi connectivity index (χ4n) is 3.68. The van der Waals surface area contributed by atoms with Gasteiger partial charge in [-0.3, -0.25) is 9.59 Å². The average molecular weight is 450 g/mol. The van der Waals surface area contributed by atoms with Crippen LogP contribution in [0.25, 0.3) is 0 Å². The van der Waals surface area contributed by atoms with Gasteiger partial charge in [-0.15, -0.1) is 11.8 Å². The van der Waals surface area contributed by atoms with Crippen LogP contribution < -0.4 is 4.90 Å². The lowest BCUT2D eigenvalue weighted by Gasteiger charge is -2.33. The first kappa shape index (κ1) is 21.0. The zero-order valence-corrected chi connectivity index (χ0v) is 18.2. The number of carbonyl (C=O) groups excluding carboxylic acids is 2. The molecule has 2 aliphatic heterocycles. The fourth-order valence-corrected chi connectivity index (χ4v) is 6.10. The van der Waals surface area contributed by atoms with Crippen molar-refractivity contribution in [1.29, 1.82) is 0 Å². The van der Waals surface area contributed by atoms with Crippen molar-refractivity contribution in [1.82, 2.24) is 9.21 Å². The van der Waals surface area contributed by atoms with Crippen molar-refractivity contribution in [2.45, 2.75) is 23.1 Å². The van der Waals surface area contributed by atoms with E-state index in [0.29, 0.717) is 25.3 Å². The SMILES string of the molecule is CC(=O)N1CCCSc2ccc(S(=O)(=O)N3CCN(C(=O)c4ccco4)CC3)cc21. The number of nitrogens with zero attached hydrogens (tertiary/aromatic N) is 3. The summed E-state index contributed by atoms with van der Waals surface area (Å²) in [7, 11) is -3.73. The van der Waals surface area contributed by atoms with Crippen molar-refractivity contribution < 1.29 is 22.4 Å². The number of thioether (sulfide) groups is 1. The van der Waals surface area contributed by atoms with Gasteiger partial charge in [-0.25, -0.2) is 8.42 Å². The minimum Gasteiger partial charge on any atom is -0.459 e. The topological polar surface area (TPSA) is 91.1 Å². The van der Waals surface area contributed by atoms with E-state index in [1.165, 1.54) is 17.5 Å². The number of amides is 2. The Morgan fingerprint density at radius 1 is 1.07 bits per heavy atom. The van der Waals surface area contributed by atoms with Crippen LogP contribution in [0.4, 0.5) is 5.69 Å². The molecule has 0 unspecified atom stereocenters. The lowest BCUT2D eigenvalue weighted by Crippen LogP contribution is -2.50. The Hall–Kier alpha value is -2.30. The Balaban J connectivity index is 1.53. The van der Waals surface area contributed by atoms with Gasteiger partial charge in [-0.05, 0) is 42.5 Å². The molecule has 4 rings (SSSR count). The molecule has 0 radical (unpaired) electrons. The number of piperazine rings is 1. The molecule has 1 aromatic carbocycles. The monoisotopic (exact) mass is 449 g/mol. The largest absolute Gasteiger partial charge is 0.459 e. The number of benzene rings is 1. The summed E-state index contributed by atoms with van der Waals surface area (Å²) >= 11 is 1.63. The first-order valence-electron chi connectivity index (χ1n) is 9.76. The molecular formula is C20H23N3O5S2. The molecule has 2 aliphatic rings. The highest BCUT2D eigenvalue weighted by molar-refractivity contribution is 7.99. The van der Waals surface area contributed by atoms with E-state index in [1.807, 2.05) is 0 Å². The van der Waals surface area contributed by atoms with Crippen LogP contribution in [0.3, 0.4) is 0 Å². The van der Waals surface area contributed by atoms with E-state index >= 15 is 0 Å². The van der Waals surface area contributed by atoms with Crippen LogP contribution in [0.5, 0.6) is 0 Å². The summed E-state index contributed by atoms with van der Waals surface area (Å²) in [5, 5.41) is 0. The Kier molecular flexibility index (Phi) is 5.90. The number of furan rings is 1. The number of rotatable bonds is 3. The van der Waals surface area contributed by atoms with E-state index in [9.17, 15) is 18.0 Å². The van der Waals surface area contributed by atoms with Gasteiger partial charge >= 0.3 is 0 Å². The molecule has 3 heterocycles. The second kappa shape index (κ2) is 8.44. The number of anilines is 1. The molecule has 0 aliphatic carbocycles. The van der Waals surface area contributed by atoms with Crippen molar-refractivity contribution in [3.05, 3.63) is 42.4 Å². The third-order valence-corrected chi connectivity index (χ3v) is 8.32. The van der Waals surface area contributed by atoms with Crippen molar-refractivity contribution in [2.75, 3.05) is 43.4 Å². The number of hydrogen-bond donors (Lipinski definition) is 0. The summed E-state index contributed by atoms with van der Waals surface area (Å²) in [6, 6.07) is 8.23. The van der Waals surface area contributed by atoms with Crippen LogP contribution in [0.15, 0.2) is 50.8 Å². The summed E-state index contributed by atoms with van der Waals surface area (Å²) < 4.78 is 33.0. The predicted molar refractivity (Wildman–Crippen MR) is 113 cm³/mol. The van der Waals surface area contributed by atoms with Crippen LogP contribution in [0, 0.1) is 0 Å². The van der Waals surface area contributed by atoms with E-state index in [2.05, 4.69) is 0 Å². The van der Waals surface area contributed by atoms with Gasteiger partial charge in [0, 0.05) is 44.5 Å². The predicted octanol–water partition coefficient (Wildman–Crippen LogP) is 2.28. The van der Waals surface area contributed by atoms with E-state index < -0.39 is 10.0 Å². The van der Waals surface area contributed by atoms with Gasteiger partial charge in [0.25, 0.3) is 5.91 Å². The number of fused-ring (bicyclic) bond motifs is 1. The van der Waals surface area contributed by atoms with Crippen molar-refractivity contribution in [2.24, 2.45) is 0 Å². The average Bonchev–Trinajstić information content (AvgIpc) is 3.19. The molecule has 0 saturated carbocycles. The van der Waals surface area contributed by atoms with Gasteiger partial charge in [0.1, 0.15) is 0 Å². The molecule has 2 aromatic rings. The number of hydrogen-bond acceptors (Lipinski definition) is 6. The maximum Gasteiger partial charge on any atom is 0.289 e. The number of sulfonamides is 1. The second-order valence-corrected chi connectivity index (χ2v) is 10.3. The summed E-state index contributed by atoms with van der Waals surface area (Å²) in [5.74, 6) is 0.794. The van der Waals surface area contributed by atoms with Crippen molar-refractivity contribution >= 4 is 39.3 Å². The minimum absolute atomic E-state index is 0.0987. The highest BCUT2D eigenvalue weighted by Crippen LogP contribution is 2.36. The third-order valence-electron chi connectivity index (χ3n) is 5.28. The minimum atomic E-state index is -3.73. The zero-order valence-electron chi connectivity index (χ0n) is 16.6. The van der Waals surface area contributed by atoms with Crippen LogP contribution in [-0.2, 0) is 14.8 Å². The van der Waals surface area contributed by atoms with E-state index in [-0.39, 0.29) is 35.6 Å². The maximum atomic E-state index is 13.2. The zero-order chi connectivity index (χ0) is 21.3. The normalized spacial score (nSPS) is 18.0. The molecule has 1 fully saturated rings. The maximum absolute atomic E-state index is 13.2. The molecule has 160 valence electrons. The van der Waals surface area contributed by atoms with Gasteiger partial charge in [-0.1, -0.05) is 0 Å². The quantitative estimate of drug-likeness (QED) is 0.714. The Bertz CT molecular complexity index is 1040. The summed E-state index contributed by atoms with van der Waals surface area (Å²) in [4.78, 5) is 28.8. The summed E-state index contributed by atoms with van der Waals surface area (Å²) in [6.45, 7) is 3.06. The van der Waals surface area contributed by atoms with Crippen LogP contribution in [0.2, 0.25) is 0 Å². The summed E-state index contributed by atoms with van der Waals surface area (Å²) in [5.41, 5.74) is 0.651. The highest BCUT2D eigenvalue weighted by Gasteiger charge is 2.32. The molecule has 0 bridgehead atoms. The Labute approximate surface area is 179 Å². The van der Waals surface area contributed by atoms with Crippen LogP contribution in [0.1, 0.15) is 23.9 Å². The van der Waals surface area contributed by atoms with E-state index in [1.54, 1.807) is 51.9 Å². The molecule has 0 N–H and O–H groups in total. The molecular weight excluding hydrogens is 426 g/mol. The van der Waals surface area contributed by atoms with Gasteiger partial charge in [0.05, 0.1) is 16.8 Å². The standard InChI is InChI=1S/C20H23N3O5S2/c1-15(24)23-7-3-13-29-19-6-5-16(14-17(19)23)30(26,27)22-10-8-21(9-11-22)20(25)18-4-2-12-28-18/h2,4-6,12,14H,3,7-11,13H2,1H3.